The molecule has 7 heteroatoms. The molecule has 2 N–H and O–H groups in total. The fraction of sp³-hybridized carbons (Fsp3) is 0.300. The van der Waals surface area contributed by atoms with E-state index in [0.29, 0.717) is 16.3 Å². The van der Waals surface area contributed by atoms with Gasteiger partial charge in [-0.1, -0.05) is 37.6 Å². The highest BCUT2D eigenvalue weighted by atomic mass is 35.5. The highest BCUT2D eigenvalue weighted by molar-refractivity contribution is 7.80. The van der Waals surface area contributed by atoms with Crippen LogP contribution in [0.2, 0.25) is 5.02 Å². The van der Waals surface area contributed by atoms with E-state index in [1.165, 1.54) is 12.7 Å². The highest BCUT2D eigenvalue weighted by Crippen LogP contribution is 2.24. The Morgan fingerprint density at radius 3 is 2.37 bits per heavy atom. The van der Waals surface area contributed by atoms with Crippen molar-refractivity contribution in [3.8, 4) is 5.75 Å². The predicted octanol–water partition coefficient (Wildman–Crippen LogP) is 4.32. The van der Waals surface area contributed by atoms with Gasteiger partial charge in [0.25, 0.3) is 5.91 Å². The van der Waals surface area contributed by atoms with E-state index in [9.17, 15) is 4.79 Å². The van der Waals surface area contributed by atoms with Gasteiger partial charge < -0.3 is 10.1 Å². The molecule has 0 aliphatic heterocycles. The van der Waals surface area contributed by atoms with Gasteiger partial charge in [0.2, 0.25) is 0 Å². The van der Waals surface area contributed by atoms with Crippen molar-refractivity contribution in [3.63, 3.8) is 0 Å². The maximum atomic E-state index is 12.3. The Morgan fingerprint density at radius 1 is 1.15 bits per heavy atom. The van der Waals surface area contributed by atoms with Crippen molar-refractivity contribution < 1.29 is 9.53 Å². The predicted molar refractivity (Wildman–Crippen MR) is 115 cm³/mol. The number of hydrogen-bond acceptors (Lipinski definition) is 4. The molecule has 0 aliphatic rings. The van der Waals surface area contributed by atoms with Gasteiger partial charge >= 0.3 is 0 Å². The molecule has 0 aromatic heterocycles. The Kier molecular flexibility index (Phi) is 8.03. The number of methoxy groups -OCH3 is 1. The largest absolute Gasteiger partial charge is 0.495 e. The Morgan fingerprint density at radius 2 is 1.81 bits per heavy atom. The van der Waals surface area contributed by atoms with Crippen LogP contribution >= 0.6 is 23.8 Å². The second kappa shape index (κ2) is 10.3. The molecule has 0 saturated heterocycles. The normalized spacial score (nSPS) is 10.6. The Hall–Kier alpha value is -2.15. The van der Waals surface area contributed by atoms with Crippen LogP contribution in [0, 0.1) is 0 Å². The molecule has 27 heavy (non-hydrogen) atoms. The minimum Gasteiger partial charge on any atom is -0.495 e. The number of nitrogens with one attached hydrogen (secondary N) is 2. The number of benzene rings is 2. The van der Waals surface area contributed by atoms with Gasteiger partial charge in [0.05, 0.1) is 12.1 Å². The van der Waals surface area contributed by atoms with Crippen molar-refractivity contribution >= 4 is 40.5 Å². The number of anilines is 1. The molecule has 0 fully saturated rings. The third-order valence-corrected chi connectivity index (χ3v) is 4.65. The van der Waals surface area contributed by atoms with E-state index in [1.54, 1.807) is 18.2 Å². The number of thiocarbonyl (C=S) groups is 1. The summed E-state index contributed by atoms with van der Waals surface area (Å²) in [6.45, 7) is 7.24. The highest BCUT2D eigenvalue weighted by Gasteiger charge is 2.11. The van der Waals surface area contributed by atoms with E-state index in [-0.39, 0.29) is 11.0 Å². The lowest BCUT2D eigenvalue weighted by molar-refractivity contribution is 0.0977. The third-order valence-electron chi connectivity index (χ3n) is 4.15. The molecule has 0 heterocycles. The van der Waals surface area contributed by atoms with E-state index in [2.05, 4.69) is 29.4 Å². The Bertz CT molecular complexity index is 792. The van der Waals surface area contributed by atoms with Crippen LogP contribution in [0.3, 0.4) is 0 Å². The zero-order valence-electron chi connectivity index (χ0n) is 15.7. The maximum absolute atomic E-state index is 12.3. The number of amides is 1. The summed E-state index contributed by atoms with van der Waals surface area (Å²) < 4.78 is 5.08. The lowest BCUT2D eigenvalue weighted by atomic mass is 10.2. The van der Waals surface area contributed by atoms with Crippen LogP contribution in [0.1, 0.15) is 29.8 Å². The van der Waals surface area contributed by atoms with Crippen molar-refractivity contribution in [3.05, 3.63) is 58.6 Å². The first-order valence-electron chi connectivity index (χ1n) is 8.74. The fourth-order valence-corrected chi connectivity index (χ4v) is 3.01. The summed E-state index contributed by atoms with van der Waals surface area (Å²) in [6.07, 6.45) is 0. The monoisotopic (exact) mass is 405 g/mol. The average Bonchev–Trinajstić information content (AvgIpc) is 2.67. The van der Waals surface area contributed by atoms with E-state index in [1.807, 2.05) is 24.3 Å². The van der Waals surface area contributed by atoms with E-state index in [0.717, 1.165) is 25.3 Å². The summed E-state index contributed by atoms with van der Waals surface area (Å²) >= 11 is 11.3. The minimum absolute atomic E-state index is 0.225. The molecular formula is C20H24ClN3O2S. The lowest BCUT2D eigenvalue weighted by Gasteiger charge is -2.18. The summed E-state index contributed by atoms with van der Waals surface area (Å²) in [7, 11) is 1.52. The van der Waals surface area contributed by atoms with Crippen LogP contribution in [-0.2, 0) is 6.54 Å². The molecule has 0 spiro atoms. The fourth-order valence-electron chi connectivity index (χ4n) is 2.54. The van der Waals surface area contributed by atoms with Crippen molar-refractivity contribution in [1.29, 1.82) is 0 Å². The van der Waals surface area contributed by atoms with Gasteiger partial charge in [0, 0.05) is 17.8 Å². The van der Waals surface area contributed by atoms with Gasteiger partial charge in [-0.25, -0.2) is 0 Å². The summed E-state index contributed by atoms with van der Waals surface area (Å²) in [6, 6.07) is 12.8. The number of rotatable bonds is 7. The molecule has 2 aromatic rings. The SMILES string of the molecule is CCN(CC)Cc1ccc(NC(=S)NC(=O)c2ccc(OC)c(Cl)c2)cc1. The first-order chi connectivity index (χ1) is 13.0. The summed E-state index contributed by atoms with van der Waals surface area (Å²) in [4.78, 5) is 14.6. The molecule has 0 atom stereocenters. The number of carbonyl (C=O) groups excluding carboxylic acids is 1. The van der Waals surface area contributed by atoms with Crippen molar-refractivity contribution in [1.82, 2.24) is 10.2 Å². The van der Waals surface area contributed by atoms with Crippen LogP contribution in [-0.4, -0.2) is 36.1 Å². The van der Waals surface area contributed by atoms with Gasteiger partial charge in [-0.2, -0.15) is 0 Å². The lowest BCUT2D eigenvalue weighted by Crippen LogP contribution is -2.34. The zero-order chi connectivity index (χ0) is 19.8. The van der Waals surface area contributed by atoms with Crippen molar-refractivity contribution in [2.45, 2.75) is 20.4 Å². The Balaban J connectivity index is 1.93. The van der Waals surface area contributed by atoms with Crippen LogP contribution in [0.4, 0.5) is 5.69 Å². The van der Waals surface area contributed by atoms with Gasteiger partial charge in [-0.05, 0) is 61.2 Å². The molecule has 0 saturated carbocycles. The van der Waals surface area contributed by atoms with Crippen LogP contribution in [0.5, 0.6) is 5.75 Å². The summed E-state index contributed by atoms with van der Waals surface area (Å²) in [5, 5.41) is 6.26. The summed E-state index contributed by atoms with van der Waals surface area (Å²) in [5.41, 5.74) is 2.45. The van der Waals surface area contributed by atoms with Crippen molar-refractivity contribution in [2.75, 3.05) is 25.5 Å². The number of carbonyl (C=O) groups is 1. The van der Waals surface area contributed by atoms with Gasteiger partial charge in [-0.3, -0.25) is 15.0 Å². The summed E-state index contributed by atoms with van der Waals surface area (Å²) in [5.74, 6) is 0.175. The molecule has 2 aromatic carbocycles. The number of nitrogens with zero attached hydrogens (tertiary/aromatic N) is 1. The number of hydrogen-bond donors (Lipinski definition) is 2. The van der Waals surface area contributed by atoms with E-state index in [4.69, 9.17) is 28.6 Å². The van der Waals surface area contributed by atoms with Crippen LogP contribution < -0.4 is 15.4 Å². The van der Waals surface area contributed by atoms with Crippen LogP contribution in [0.15, 0.2) is 42.5 Å². The maximum Gasteiger partial charge on any atom is 0.257 e. The van der Waals surface area contributed by atoms with Crippen molar-refractivity contribution in [2.24, 2.45) is 0 Å². The zero-order valence-corrected chi connectivity index (χ0v) is 17.3. The van der Waals surface area contributed by atoms with E-state index < -0.39 is 0 Å². The number of halogens is 1. The third kappa shape index (κ3) is 6.20. The number of ether oxygens (including phenoxy) is 1. The molecule has 0 bridgehead atoms. The quantitative estimate of drug-likeness (QED) is 0.672. The van der Waals surface area contributed by atoms with E-state index >= 15 is 0 Å². The first kappa shape index (κ1) is 21.2. The second-order valence-electron chi connectivity index (χ2n) is 5.92. The van der Waals surface area contributed by atoms with Gasteiger partial charge in [-0.15, -0.1) is 0 Å². The average molecular weight is 406 g/mol. The smallest absolute Gasteiger partial charge is 0.257 e. The molecule has 0 aliphatic carbocycles. The second-order valence-corrected chi connectivity index (χ2v) is 6.73. The molecule has 5 nitrogen and oxygen atoms in total. The molecule has 0 unspecified atom stereocenters. The first-order valence-corrected chi connectivity index (χ1v) is 9.52. The Labute approximate surface area is 170 Å². The van der Waals surface area contributed by atoms with Gasteiger partial charge in [0.1, 0.15) is 5.75 Å². The molecule has 1 amide bonds. The topological polar surface area (TPSA) is 53.6 Å². The minimum atomic E-state index is -0.338. The van der Waals surface area contributed by atoms with Crippen LogP contribution in [0.25, 0.3) is 0 Å². The molecular weight excluding hydrogens is 382 g/mol. The molecule has 144 valence electrons. The molecule has 2 rings (SSSR count). The standard InChI is InChI=1S/C20H24ClN3O2S/c1-4-24(5-2)13-14-6-9-16(10-7-14)22-20(27)23-19(25)15-8-11-18(26-3)17(21)12-15/h6-12H,4-5,13H2,1-3H3,(H2,22,23,25,27). The molecule has 0 radical (unpaired) electrons. The van der Waals surface area contributed by atoms with Gasteiger partial charge in [0.15, 0.2) is 5.11 Å².